The highest BCUT2D eigenvalue weighted by Crippen LogP contribution is 2.23. The van der Waals surface area contributed by atoms with Crippen molar-refractivity contribution < 1.29 is 4.79 Å². The van der Waals surface area contributed by atoms with Crippen molar-refractivity contribution in [3.63, 3.8) is 0 Å². The van der Waals surface area contributed by atoms with Crippen LogP contribution in [0.1, 0.15) is 37.7 Å². The minimum Gasteiger partial charge on any atom is -0.371 e. The largest absolute Gasteiger partial charge is 0.371 e. The van der Waals surface area contributed by atoms with Crippen molar-refractivity contribution in [2.24, 2.45) is 5.92 Å². The van der Waals surface area contributed by atoms with Gasteiger partial charge in [0.25, 0.3) is 0 Å². The fraction of sp³-hybridized carbons (Fsp3) is 0.429. The summed E-state index contributed by atoms with van der Waals surface area (Å²) in [6.45, 7) is 4.94. The van der Waals surface area contributed by atoms with E-state index in [2.05, 4.69) is 34.3 Å². The van der Waals surface area contributed by atoms with Crippen LogP contribution < -0.4 is 10.2 Å². The first-order valence-electron chi connectivity index (χ1n) is 9.25. The third-order valence-electron chi connectivity index (χ3n) is 5.13. The second kappa shape index (κ2) is 8.65. The number of nitrogens with one attached hydrogen (secondary N) is 1. The van der Waals surface area contributed by atoms with Gasteiger partial charge in [0.15, 0.2) is 0 Å². The SMILES string of the molecule is CC[C@H](C(=O)NCC1CCN(c2ccncc2)CC1)c1ccccc1. The van der Waals surface area contributed by atoms with Crippen molar-refractivity contribution in [2.75, 3.05) is 24.5 Å². The number of piperidine rings is 1. The molecule has 0 aliphatic carbocycles. The summed E-state index contributed by atoms with van der Waals surface area (Å²) in [6.07, 6.45) is 6.75. The molecule has 1 aliphatic heterocycles. The molecule has 1 aromatic heterocycles. The van der Waals surface area contributed by atoms with Crippen molar-refractivity contribution in [1.29, 1.82) is 0 Å². The van der Waals surface area contributed by atoms with Gasteiger partial charge in [-0.05, 0) is 42.9 Å². The molecule has 1 aliphatic rings. The number of carbonyl (C=O) groups excluding carboxylic acids is 1. The molecule has 3 rings (SSSR count). The lowest BCUT2D eigenvalue weighted by Crippen LogP contribution is -2.39. The van der Waals surface area contributed by atoms with Crippen LogP contribution in [0.25, 0.3) is 0 Å². The van der Waals surface area contributed by atoms with Crippen LogP contribution in [0.3, 0.4) is 0 Å². The molecule has 4 nitrogen and oxygen atoms in total. The Morgan fingerprint density at radius 2 is 1.84 bits per heavy atom. The number of carbonyl (C=O) groups is 1. The van der Waals surface area contributed by atoms with Gasteiger partial charge < -0.3 is 10.2 Å². The van der Waals surface area contributed by atoms with Crippen LogP contribution in [0.2, 0.25) is 0 Å². The molecule has 1 amide bonds. The normalized spacial score (nSPS) is 16.4. The van der Waals surface area contributed by atoms with Gasteiger partial charge in [0, 0.05) is 37.7 Å². The molecule has 0 saturated carbocycles. The maximum atomic E-state index is 12.6. The summed E-state index contributed by atoms with van der Waals surface area (Å²) in [5, 5.41) is 3.19. The molecule has 1 atom stereocenters. The van der Waals surface area contributed by atoms with Crippen LogP contribution in [-0.4, -0.2) is 30.5 Å². The van der Waals surface area contributed by atoms with Crippen LogP contribution in [0.15, 0.2) is 54.9 Å². The molecular weight excluding hydrogens is 310 g/mol. The molecule has 0 bridgehead atoms. The summed E-state index contributed by atoms with van der Waals surface area (Å²) in [5.41, 5.74) is 2.35. The lowest BCUT2D eigenvalue weighted by atomic mass is 9.94. The molecule has 25 heavy (non-hydrogen) atoms. The zero-order valence-corrected chi connectivity index (χ0v) is 14.9. The topological polar surface area (TPSA) is 45.2 Å². The summed E-state index contributed by atoms with van der Waals surface area (Å²) in [5.74, 6) is 0.679. The Morgan fingerprint density at radius 3 is 2.48 bits per heavy atom. The van der Waals surface area contributed by atoms with Crippen molar-refractivity contribution in [1.82, 2.24) is 10.3 Å². The van der Waals surface area contributed by atoms with Crippen molar-refractivity contribution in [2.45, 2.75) is 32.1 Å². The van der Waals surface area contributed by atoms with E-state index in [1.807, 2.05) is 42.7 Å². The lowest BCUT2D eigenvalue weighted by molar-refractivity contribution is -0.122. The average molecular weight is 337 g/mol. The number of anilines is 1. The maximum absolute atomic E-state index is 12.6. The van der Waals surface area contributed by atoms with Gasteiger partial charge in [-0.2, -0.15) is 0 Å². The van der Waals surface area contributed by atoms with Crippen LogP contribution in [0.4, 0.5) is 5.69 Å². The molecule has 1 saturated heterocycles. The van der Waals surface area contributed by atoms with Gasteiger partial charge in [0.05, 0.1) is 5.92 Å². The summed E-state index contributed by atoms with van der Waals surface area (Å²) < 4.78 is 0. The molecule has 1 fully saturated rings. The number of pyridine rings is 1. The third-order valence-corrected chi connectivity index (χ3v) is 5.13. The van der Waals surface area contributed by atoms with E-state index in [9.17, 15) is 4.79 Å². The van der Waals surface area contributed by atoms with E-state index in [4.69, 9.17) is 0 Å². The predicted molar refractivity (Wildman–Crippen MR) is 102 cm³/mol. The van der Waals surface area contributed by atoms with E-state index in [1.165, 1.54) is 5.69 Å². The van der Waals surface area contributed by atoms with Crippen LogP contribution >= 0.6 is 0 Å². The van der Waals surface area contributed by atoms with Gasteiger partial charge in [-0.15, -0.1) is 0 Å². The molecule has 2 heterocycles. The number of benzene rings is 1. The highest BCUT2D eigenvalue weighted by molar-refractivity contribution is 5.83. The first-order valence-corrected chi connectivity index (χ1v) is 9.25. The molecule has 1 aromatic carbocycles. The highest BCUT2D eigenvalue weighted by Gasteiger charge is 2.22. The molecule has 0 radical (unpaired) electrons. The number of nitrogens with zero attached hydrogens (tertiary/aromatic N) is 2. The van der Waals surface area contributed by atoms with Gasteiger partial charge in [-0.25, -0.2) is 0 Å². The Bertz CT molecular complexity index is 651. The standard InChI is InChI=1S/C21H27N3O/c1-2-20(18-6-4-3-5-7-18)21(25)23-16-17-10-14-24(15-11-17)19-8-12-22-13-9-19/h3-9,12-13,17,20H,2,10-11,14-16H2,1H3,(H,23,25)/t20-/m0/s1. The van der Waals surface area contributed by atoms with E-state index in [-0.39, 0.29) is 11.8 Å². The minimum absolute atomic E-state index is 0.0434. The van der Waals surface area contributed by atoms with Gasteiger partial charge in [0.1, 0.15) is 0 Å². The number of amides is 1. The predicted octanol–water partition coefficient (Wildman–Crippen LogP) is 3.61. The second-order valence-electron chi connectivity index (χ2n) is 6.75. The first kappa shape index (κ1) is 17.5. The van der Waals surface area contributed by atoms with Crippen LogP contribution in [0.5, 0.6) is 0 Å². The van der Waals surface area contributed by atoms with E-state index < -0.39 is 0 Å². The Kier molecular flexibility index (Phi) is 6.04. The second-order valence-corrected chi connectivity index (χ2v) is 6.75. The quantitative estimate of drug-likeness (QED) is 0.876. The summed E-state index contributed by atoms with van der Waals surface area (Å²) >= 11 is 0. The summed E-state index contributed by atoms with van der Waals surface area (Å²) in [6, 6.07) is 14.2. The molecule has 0 unspecified atom stereocenters. The number of hydrogen-bond acceptors (Lipinski definition) is 3. The maximum Gasteiger partial charge on any atom is 0.227 e. The summed E-state index contributed by atoms with van der Waals surface area (Å²) in [4.78, 5) is 19.1. The van der Waals surface area contributed by atoms with E-state index in [0.717, 1.165) is 44.5 Å². The van der Waals surface area contributed by atoms with Gasteiger partial charge >= 0.3 is 0 Å². The van der Waals surface area contributed by atoms with E-state index >= 15 is 0 Å². The average Bonchev–Trinajstić information content (AvgIpc) is 2.69. The molecule has 0 spiro atoms. The molecule has 132 valence electrons. The lowest BCUT2D eigenvalue weighted by Gasteiger charge is -2.33. The fourth-order valence-corrected chi connectivity index (χ4v) is 3.58. The minimum atomic E-state index is -0.0434. The van der Waals surface area contributed by atoms with Crippen molar-refractivity contribution in [3.05, 3.63) is 60.4 Å². The third kappa shape index (κ3) is 4.59. The van der Waals surface area contributed by atoms with Crippen LogP contribution in [0, 0.1) is 5.92 Å². The number of aromatic nitrogens is 1. The molecular formula is C21H27N3O. The molecule has 2 aromatic rings. The highest BCUT2D eigenvalue weighted by atomic mass is 16.1. The molecule has 4 heteroatoms. The van der Waals surface area contributed by atoms with Gasteiger partial charge in [-0.3, -0.25) is 9.78 Å². The Balaban J connectivity index is 1.47. The fourth-order valence-electron chi connectivity index (χ4n) is 3.58. The van der Waals surface area contributed by atoms with Gasteiger partial charge in [-0.1, -0.05) is 37.3 Å². The molecule has 1 N–H and O–H groups in total. The summed E-state index contributed by atoms with van der Waals surface area (Å²) in [7, 11) is 0. The monoisotopic (exact) mass is 337 g/mol. The van der Waals surface area contributed by atoms with E-state index in [1.54, 1.807) is 0 Å². The Labute approximate surface area is 150 Å². The Hall–Kier alpha value is -2.36. The van der Waals surface area contributed by atoms with E-state index in [0.29, 0.717) is 5.92 Å². The first-order chi connectivity index (χ1) is 12.3. The number of hydrogen-bond donors (Lipinski definition) is 1. The zero-order valence-electron chi connectivity index (χ0n) is 14.9. The number of rotatable bonds is 6. The van der Waals surface area contributed by atoms with Crippen molar-refractivity contribution in [3.8, 4) is 0 Å². The smallest absolute Gasteiger partial charge is 0.227 e. The van der Waals surface area contributed by atoms with Crippen molar-refractivity contribution >= 4 is 11.6 Å². The zero-order chi connectivity index (χ0) is 17.5. The van der Waals surface area contributed by atoms with Crippen LogP contribution in [-0.2, 0) is 4.79 Å². The Morgan fingerprint density at radius 1 is 1.16 bits per heavy atom. The van der Waals surface area contributed by atoms with Gasteiger partial charge in [0.2, 0.25) is 5.91 Å².